The van der Waals surface area contributed by atoms with Gasteiger partial charge in [0.15, 0.2) is 0 Å². The predicted molar refractivity (Wildman–Crippen MR) is 86.6 cm³/mol. The number of nitrogens with one attached hydrogen (secondary N) is 1. The van der Waals surface area contributed by atoms with Crippen LogP contribution < -0.4 is 5.32 Å². The molecular formula is C18H21NO3. The Morgan fingerprint density at radius 1 is 1.27 bits per heavy atom. The molecule has 0 saturated heterocycles. The highest BCUT2D eigenvalue weighted by molar-refractivity contribution is 5.87. The number of allylic oxidation sites excluding steroid dienone is 5. The molecular weight excluding hydrogens is 278 g/mol. The molecule has 0 heterocycles. The van der Waals surface area contributed by atoms with E-state index in [1.54, 1.807) is 19.2 Å². The molecule has 0 aliphatic heterocycles. The van der Waals surface area contributed by atoms with Crippen LogP contribution in [0.3, 0.4) is 0 Å². The minimum absolute atomic E-state index is 0.317. The van der Waals surface area contributed by atoms with Gasteiger partial charge in [0.05, 0.1) is 12.7 Å². The average molecular weight is 299 g/mol. The Balaban J connectivity index is 1.76. The summed E-state index contributed by atoms with van der Waals surface area (Å²) in [5, 5.41) is 12.2. The standard InChI is InChI=1S/C18H21NO3/c1-22-17-5-3-2-4-14(12-17)10-11-19-13-15-6-8-16(9-7-15)18(20)21/h2-9,12,14,19H,10-11,13H2,1H3,(H,20,21). The number of carboxylic acids is 1. The van der Waals surface area contributed by atoms with Crippen molar-refractivity contribution in [2.75, 3.05) is 13.7 Å². The molecule has 0 bridgehead atoms. The second-order valence-electron chi connectivity index (χ2n) is 5.15. The Bertz CT molecular complexity index is 585. The van der Waals surface area contributed by atoms with Gasteiger partial charge in [-0.05, 0) is 42.8 Å². The first-order chi connectivity index (χ1) is 10.7. The average Bonchev–Trinajstić information content (AvgIpc) is 2.77. The SMILES string of the molecule is COC1=CC(CCNCc2ccc(C(=O)O)cc2)C=CC=C1. The fraction of sp³-hybridized carbons (Fsp3) is 0.278. The van der Waals surface area contributed by atoms with Crippen molar-refractivity contribution in [1.29, 1.82) is 0 Å². The van der Waals surface area contributed by atoms with Gasteiger partial charge in [-0.1, -0.05) is 30.4 Å². The maximum Gasteiger partial charge on any atom is 0.335 e. The molecule has 0 amide bonds. The fourth-order valence-corrected chi connectivity index (χ4v) is 2.26. The second-order valence-corrected chi connectivity index (χ2v) is 5.15. The molecule has 0 fully saturated rings. The first kappa shape index (κ1) is 16.0. The summed E-state index contributed by atoms with van der Waals surface area (Å²) in [5.74, 6) is 0.347. The number of ether oxygens (including phenoxy) is 1. The summed E-state index contributed by atoms with van der Waals surface area (Å²) in [6.45, 7) is 1.61. The molecule has 1 aromatic rings. The molecule has 1 atom stereocenters. The molecule has 0 radical (unpaired) electrons. The Labute approximate surface area is 130 Å². The highest BCUT2D eigenvalue weighted by Gasteiger charge is 2.05. The van der Waals surface area contributed by atoms with E-state index in [4.69, 9.17) is 9.84 Å². The lowest BCUT2D eigenvalue weighted by molar-refractivity contribution is 0.0697. The molecule has 4 nitrogen and oxygen atoms in total. The van der Waals surface area contributed by atoms with E-state index in [0.717, 1.165) is 30.8 Å². The summed E-state index contributed by atoms with van der Waals surface area (Å²) in [5.41, 5.74) is 1.40. The summed E-state index contributed by atoms with van der Waals surface area (Å²) in [7, 11) is 1.68. The Kier molecular flexibility index (Phi) is 5.98. The van der Waals surface area contributed by atoms with Gasteiger partial charge in [0, 0.05) is 12.5 Å². The van der Waals surface area contributed by atoms with Crippen LogP contribution in [0.5, 0.6) is 0 Å². The smallest absolute Gasteiger partial charge is 0.335 e. The van der Waals surface area contributed by atoms with Crippen LogP contribution in [-0.4, -0.2) is 24.7 Å². The lowest BCUT2D eigenvalue weighted by atomic mass is 10.0. The number of hydrogen-bond donors (Lipinski definition) is 2. The summed E-state index contributed by atoms with van der Waals surface area (Å²) in [6, 6.07) is 6.95. The van der Waals surface area contributed by atoms with E-state index in [0.29, 0.717) is 11.5 Å². The first-order valence-corrected chi connectivity index (χ1v) is 7.32. The largest absolute Gasteiger partial charge is 0.497 e. The molecule has 1 aromatic carbocycles. The zero-order valence-corrected chi connectivity index (χ0v) is 12.7. The minimum Gasteiger partial charge on any atom is -0.497 e. The number of hydrogen-bond acceptors (Lipinski definition) is 3. The van der Waals surface area contributed by atoms with Gasteiger partial charge in [-0.15, -0.1) is 0 Å². The lowest BCUT2D eigenvalue weighted by Gasteiger charge is -2.10. The van der Waals surface area contributed by atoms with Gasteiger partial charge < -0.3 is 15.2 Å². The minimum atomic E-state index is -0.894. The van der Waals surface area contributed by atoms with E-state index in [-0.39, 0.29) is 0 Å². The van der Waals surface area contributed by atoms with Gasteiger partial charge in [0.25, 0.3) is 0 Å². The highest BCUT2D eigenvalue weighted by atomic mass is 16.5. The summed E-state index contributed by atoms with van der Waals surface area (Å²) in [6.07, 6.45) is 11.2. The molecule has 1 aliphatic carbocycles. The van der Waals surface area contributed by atoms with Crippen molar-refractivity contribution in [3.05, 3.63) is 71.5 Å². The summed E-state index contributed by atoms with van der Waals surface area (Å²) < 4.78 is 5.27. The van der Waals surface area contributed by atoms with Gasteiger partial charge in [-0.2, -0.15) is 0 Å². The van der Waals surface area contributed by atoms with Crippen molar-refractivity contribution in [1.82, 2.24) is 5.32 Å². The number of rotatable bonds is 7. The molecule has 4 heteroatoms. The van der Waals surface area contributed by atoms with Crippen molar-refractivity contribution >= 4 is 5.97 Å². The molecule has 0 saturated carbocycles. The van der Waals surface area contributed by atoms with Gasteiger partial charge in [0.2, 0.25) is 0 Å². The first-order valence-electron chi connectivity index (χ1n) is 7.32. The van der Waals surface area contributed by atoms with E-state index in [9.17, 15) is 4.79 Å². The van der Waals surface area contributed by atoms with Crippen molar-refractivity contribution in [2.45, 2.75) is 13.0 Å². The number of carboxylic acid groups (broad SMARTS) is 1. The van der Waals surface area contributed by atoms with Crippen LogP contribution in [0.25, 0.3) is 0 Å². The van der Waals surface area contributed by atoms with Gasteiger partial charge in [-0.3, -0.25) is 0 Å². The molecule has 116 valence electrons. The van der Waals surface area contributed by atoms with Crippen molar-refractivity contribution in [2.24, 2.45) is 5.92 Å². The third-order valence-corrected chi connectivity index (χ3v) is 3.53. The third kappa shape index (κ3) is 4.90. The quantitative estimate of drug-likeness (QED) is 0.759. The van der Waals surface area contributed by atoms with Gasteiger partial charge >= 0.3 is 5.97 Å². The highest BCUT2D eigenvalue weighted by Crippen LogP contribution is 2.15. The van der Waals surface area contributed by atoms with Crippen LogP contribution >= 0.6 is 0 Å². The van der Waals surface area contributed by atoms with Crippen LogP contribution in [0.1, 0.15) is 22.3 Å². The molecule has 0 aromatic heterocycles. The van der Waals surface area contributed by atoms with Crippen LogP contribution in [0.4, 0.5) is 0 Å². The topological polar surface area (TPSA) is 58.6 Å². The van der Waals surface area contributed by atoms with Gasteiger partial charge in [0.1, 0.15) is 5.76 Å². The molecule has 2 N–H and O–H groups in total. The van der Waals surface area contributed by atoms with Gasteiger partial charge in [-0.25, -0.2) is 4.79 Å². The van der Waals surface area contributed by atoms with Crippen LogP contribution in [0, 0.1) is 5.92 Å². The Hall–Kier alpha value is -2.33. The summed E-state index contributed by atoms with van der Waals surface area (Å²) in [4.78, 5) is 10.8. The molecule has 22 heavy (non-hydrogen) atoms. The Morgan fingerprint density at radius 2 is 2.05 bits per heavy atom. The van der Waals surface area contributed by atoms with Crippen LogP contribution in [-0.2, 0) is 11.3 Å². The summed E-state index contributed by atoms with van der Waals surface area (Å²) >= 11 is 0. The van der Waals surface area contributed by atoms with E-state index in [1.165, 1.54) is 0 Å². The maximum absolute atomic E-state index is 10.8. The zero-order chi connectivity index (χ0) is 15.8. The van der Waals surface area contributed by atoms with E-state index >= 15 is 0 Å². The van der Waals surface area contributed by atoms with E-state index < -0.39 is 5.97 Å². The Morgan fingerprint density at radius 3 is 2.73 bits per heavy atom. The van der Waals surface area contributed by atoms with Crippen molar-refractivity contribution in [3.63, 3.8) is 0 Å². The zero-order valence-electron chi connectivity index (χ0n) is 12.7. The molecule has 1 aliphatic rings. The number of carbonyl (C=O) groups is 1. The lowest BCUT2D eigenvalue weighted by Crippen LogP contribution is -2.17. The third-order valence-electron chi connectivity index (χ3n) is 3.53. The second kappa shape index (κ2) is 8.20. The molecule has 1 unspecified atom stereocenters. The monoisotopic (exact) mass is 299 g/mol. The van der Waals surface area contributed by atoms with E-state index in [2.05, 4.69) is 17.5 Å². The normalized spacial score (nSPS) is 17.0. The van der Waals surface area contributed by atoms with E-state index in [1.807, 2.05) is 30.4 Å². The number of aromatic carboxylic acids is 1. The van der Waals surface area contributed by atoms with Crippen molar-refractivity contribution < 1.29 is 14.6 Å². The molecule has 2 rings (SSSR count). The number of benzene rings is 1. The van der Waals surface area contributed by atoms with Crippen molar-refractivity contribution in [3.8, 4) is 0 Å². The number of methoxy groups -OCH3 is 1. The maximum atomic E-state index is 10.8. The van der Waals surface area contributed by atoms with Crippen LogP contribution in [0.2, 0.25) is 0 Å². The van der Waals surface area contributed by atoms with Crippen LogP contribution in [0.15, 0.2) is 60.4 Å². The molecule has 0 spiro atoms. The fourth-order valence-electron chi connectivity index (χ4n) is 2.26. The predicted octanol–water partition coefficient (Wildman–Crippen LogP) is 3.14.